The van der Waals surface area contributed by atoms with Crippen molar-refractivity contribution in [2.24, 2.45) is 5.41 Å². The average molecular weight is 269 g/mol. The highest BCUT2D eigenvalue weighted by atomic mass is 35.5. The summed E-state index contributed by atoms with van der Waals surface area (Å²) >= 11 is 11.3. The molecule has 1 heterocycles. The number of halogens is 1. The molecule has 0 saturated carbocycles. The van der Waals surface area contributed by atoms with Crippen LogP contribution in [0.1, 0.15) is 27.2 Å². The van der Waals surface area contributed by atoms with Gasteiger partial charge in [0, 0.05) is 11.6 Å². The Balaban J connectivity index is 2.40. The van der Waals surface area contributed by atoms with E-state index in [2.05, 4.69) is 30.3 Å². The minimum Gasteiger partial charge on any atom is -0.331 e. The number of nitrogens with zero attached hydrogens (tertiary/aromatic N) is 1. The van der Waals surface area contributed by atoms with E-state index in [4.69, 9.17) is 23.8 Å². The molecule has 0 aliphatic rings. The predicted octanol–water partition coefficient (Wildman–Crippen LogP) is 4.79. The summed E-state index contributed by atoms with van der Waals surface area (Å²) in [5, 5.41) is 0.733. The van der Waals surface area contributed by atoms with Crippen molar-refractivity contribution in [1.29, 1.82) is 0 Å². The second kappa shape index (κ2) is 4.46. The van der Waals surface area contributed by atoms with Gasteiger partial charge in [-0.2, -0.15) is 0 Å². The zero-order valence-electron chi connectivity index (χ0n) is 10.4. The molecule has 4 heteroatoms. The normalized spacial score (nSPS) is 12.2. The van der Waals surface area contributed by atoms with E-state index in [0.717, 1.165) is 33.8 Å². The molecule has 0 atom stereocenters. The first-order valence-corrected chi connectivity index (χ1v) is 6.53. The van der Waals surface area contributed by atoms with Crippen molar-refractivity contribution in [3.63, 3.8) is 0 Å². The summed E-state index contributed by atoms with van der Waals surface area (Å²) in [5.74, 6) is 0. The lowest BCUT2D eigenvalue weighted by molar-refractivity contribution is 0.352. The van der Waals surface area contributed by atoms with Crippen molar-refractivity contribution in [2.75, 3.05) is 0 Å². The fourth-order valence-corrected chi connectivity index (χ4v) is 2.28. The Morgan fingerprint density at radius 2 is 2.06 bits per heavy atom. The van der Waals surface area contributed by atoms with Crippen molar-refractivity contribution < 1.29 is 0 Å². The lowest BCUT2D eigenvalue weighted by Crippen LogP contribution is -2.10. The molecule has 0 aliphatic carbocycles. The van der Waals surface area contributed by atoms with Gasteiger partial charge in [-0.05, 0) is 42.3 Å². The Hall–Kier alpha value is -0.800. The second-order valence-electron chi connectivity index (χ2n) is 5.55. The maximum absolute atomic E-state index is 5.97. The first-order chi connectivity index (χ1) is 7.87. The summed E-state index contributed by atoms with van der Waals surface area (Å²) in [5.41, 5.74) is 2.45. The Labute approximate surface area is 112 Å². The fraction of sp³-hybridized carbons (Fsp3) is 0.462. The number of nitrogens with one attached hydrogen (secondary N) is 1. The van der Waals surface area contributed by atoms with Crippen LogP contribution in [0, 0.1) is 10.2 Å². The van der Waals surface area contributed by atoms with Crippen molar-refractivity contribution in [3.05, 3.63) is 28.0 Å². The predicted molar refractivity (Wildman–Crippen MR) is 76.2 cm³/mol. The van der Waals surface area contributed by atoms with Gasteiger partial charge in [-0.15, -0.1) is 0 Å². The number of aromatic amines is 1. The highest BCUT2D eigenvalue weighted by Gasteiger charge is 2.12. The van der Waals surface area contributed by atoms with Gasteiger partial charge in [-0.1, -0.05) is 32.4 Å². The number of hydrogen-bond acceptors (Lipinski definition) is 1. The molecular formula is C13H17ClN2S. The van der Waals surface area contributed by atoms with Gasteiger partial charge >= 0.3 is 0 Å². The maximum Gasteiger partial charge on any atom is 0.178 e. The molecular weight excluding hydrogens is 252 g/mol. The number of fused-ring (bicyclic) bond motifs is 1. The first kappa shape index (κ1) is 12.7. The molecule has 0 amide bonds. The van der Waals surface area contributed by atoms with Gasteiger partial charge in [0.15, 0.2) is 4.77 Å². The third-order valence-corrected chi connectivity index (χ3v) is 3.38. The molecule has 0 radical (unpaired) electrons. The Bertz CT molecular complexity index is 589. The molecule has 0 bridgehead atoms. The zero-order valence-corrected chi connectivity index (χ0v) is 12.0. The summed E-state index contributed by atoms with van der Waals surface area (Å²) < 4.78 is 2.92. The van der Waals surface area contributed by atoms with Crippen LogP contribution in [0.4, 0.5) is 0 Å². The highest BCUT2D eigenvalue weighted by molar-refractivity contribution is 7.71. The largest absolute Gasteiger partial charge is 0.331 e. The number of aryl methyl sites for hydroxylation is 1. The van der Waals surface area contributed by atoms with Crippen LogP contribution in [0.15, 0.2) is 18.2 Å². The molecule has 0 fully saturated rings. The Morgan fingerprint density at radius 3 is 2.71 bits per heavy atom. The summed E-state index contributed by atoms with van der Waals surface area (Å²) in [6.07, 6.45) is 1.09. The SMILES string of the molecule is CC(C)(C)CCn1c(=S)[nH]c2cc(Cl)ccc21. The molecule has 92 valence electrons. The van der Waals surface area contributed by atoms with Gasteiger partial charge in [-0.3, -0.25) is 0 Å². The number of hydrogen-bond donors (Lipinski definition) is 1. The number of imidazole rings is 1. The lowest BCUT2D eigenvalue weighted by atomic mass is 9.92. The average Bonchev–Trinajstić information content (AvgIpc) is 2.48. The Kier molecular flexibility index (Phi) is 3.32. The maximum atomic E-state index is 5.97. The molecule has 0 aliphatic heterocycles. The molecule has 0 saturated heterocycles. The highest BCUT2D eigenvalue weighted by Crippen LogP contribution is 2.23. The van der Waals surface area contributed by atoms with Crippen LogP contribution < -0.4 is 0 Å². The van der Waals surface area contributed by atoms with Gasteiger partial charge in [0.25, 0.3) is 0 Å². The van der Waals surface area contributed by atoms with E-state index in [9.17, 15) is 0 Å². The number of aromatic nitrogens is 2. The van der Waals surface area contributed by atoms with E-state index in [1.54, 1.807) is 0 Å². The molecule has 1 aromatic heterocycles. The summed E-state index contributed by atoms with van der Waals surface area (Å²) in [6.45, 7) is 7.65. The van der Waals surface area contributed by atoms with Crippen molar-refractivity contribution in [3.8, 4) is 0 Å². The Morgan fingerprint density at radius 1 is 1.35 bits per heavy atom. The van der Waals surface area contributed by atoms with Crippen molar-refractivity contribution >= 4 is 34.9 Å². The number of benzene rings is 1. The standard InChI is InChI=1S/C13H17ClN2S/c1-13(2,3)6-7-16-11-5-4-9(14)8-10(11)15-12(16)17/h4-5,8H,6-7H2,1-3H3,(H,15,17). The second-order valence-corrected chi connectivity index (χ2v) is 6.38. The first-order valence-electron chi connectivity index (χ1n) is 5.75. The van der Waals surface area contributed by atoms with Gasteiger partial charge in [-0.25, -0.2) is 0 Å². The van der Waals surface area contributed by atoms with Gasteiger partial charge in [0.2, 0.25) is 0 Å². The summed E-state index contributed by atoms with van der Waals surface area (Å²) in [7, 11) is 0. The van der Waals surface area contributed by atoms with Crippen LogP contribution in [0.2, 0.25) is 5.02 Å². The molecule has 2 aromatic rings. The van der Waals surface area contributed by atoms with E-state index in [1.807, 2.05) is 18.2 Å². The van der Waals surface area contributed by atoms with Crippen LogP contribution in [0.3, 0.4) is 0 Å². The molecule has 2 rings (SSSR count). The van der Waals surface area contributed by atoms with Gasteiger partial charge in [0.05, 0.1) is 11.0 Å². The molecule has 17 heavy (non-hydrogen) atoms. The van der Waals surface area contributed by atoms with E-state index in [1.165, 1.54) is 0 Å². The smallest absolute Gasteiger partial charge is 0.178 e. The van der Waals surface area contributed by atoms with Crippen LogP contribution in [-0.4, -0.2) is 9.55 Å². The molecule has 2 nitrogen and oxygen atoms in total. The summed E-state index contributed by atoms with van der Waals surface area (Å²) in [4.78, 5) is 3.20. The third kappa shape index (κ3) is 2.90. The summed E-state index contributed by atoms with van der Waals surface area (Å²) in [6, 6.07) is 5.84. The van der Waals surface area contributed by atoms with Crippen LogP contribution in [-0.2, 0) is 6.54 Å². The van der Waals surface area contributed by atoms with E-state index < -0.39 is 0 Å². The minimum atomic E-state index is 0.310. The lowest BCUT2D eigenvalue weighted by Gasteiger charge is -2.18. The van der Waals surface area contributed by atoms with E-state index in [0.29, 0.717) is 5.41 Å². The van der Waals surface area contributed by atoms with Crippen LogP contribution in [0.5, 0.6) is 0 Å². The molecule has 1 N–H and O–H groups in total. The topological polar surface area (TPSA) is 20.7 Å². The monoisotopic (exact) mass is 268 g/mol. The fourth-order valence-electron chi connectivity index (χ4n) is 1.81. The minimum absolute atomic E-state index is 0.310. The quantitative estimate of drug-likeness (QED) is 0.777. The van der Waals surface area contributed by atoms with Crippen LogP contribution in [0.25, 0.3) is 11.0 Å². The number of H-pyrrole nitrogens is 1. The van der Waals surface area contributed by atoms with Gasteiger partial charge in [0.1, 0.15) is 0 Å². The molecule has 0 spiro atoms. The molecule has 1 aromatic carbocycles. The van der Waals surface area contributed by atoms with E-state index in [-0.39, 0.29) is 0 Å². The van der Waals surface area contributed by atoms with Gasteiger partial charge < -0.3 is 9.55 Å². The van der Waals surface area contributed by atoms with Crippen LogP contribution >= 0.6 is 23.8 Å². The van der Waals surface area contributed by atoms with Crippen molar-refractivity contribution in [1.82, 2.24) is 9.55 Å². The van der Waals surface area contributed by atoms with Crippen molar-refractivity contribution in [2.45, 2.75) is 33.7 Å². The molecule has 0 unspecified atom stereocenters. The third-order valence-electron chi connectivity index (χ3n) is 2.82. The van der Waals surface area contributed by atoms with E-state index >= 15 is 0 Å². The number of rotatable bonds is 2. The zero-order chi connectivity index (χ0) is 12.6.